The van der Waals surface area contributed by atoms with Crippen molar-refractivity contribution in [2.24, 2.45) is 7.05 Å². The number of aryl methyl sites for hydroxylation is 2. The van der Waals surface area contributed by atoms with Crippen LogP contribution in [0.15, 0.2) is 36.9 Å². The number of aromatic nitrogens is 2. The zero-order valence-corrected chi connectivity index (χ0v) is 13.5. The van der Waals surface area contributed by atoms with E-state index < -0.39 is 0 Å². The predicted molar refractivity (Wildman–Crippen MR) is 80.9 cm³/mol. The van der Waals surface area contributed by atoms with Crippen molar-refractivity contribution in [1.29, 1.82) is 0 Å². The Morgan fingerprint density at radius 1 is 1.45 bits per heavy atom. The Balaban J connectivity index is 0.00000242. The van der Waals surface area contributed by atoms with E-state index in [0.717, 1.165) is 13.0 Å². The smallest absolute Gasteiger partial charge is 0.243 e. The number of rotatable bonds is 6. The van der Waals surface area contributed by atoms with Gasteiger partial charge in [0.25, 0.3) is 0 Å². The fourth-order valence-electron chi connectivity index (χ4n) is 2.02. The van der Waals surface area contributed by atoms with Crippen LogP contribution in [-0.2, 0) is 18.4 Å². The third kappa shape index (κ3) is 5.29. The molecule has 22 heavy (non-hydrogen) atoms. The number of amides is 1. The van der Waals surface area contributed by atoms with E-state index in [4.69, 9.17) is 10.5 Å². The number of ether oxygens (including phenoxy) is 1. The van der Waals surface area contributed by atoms with E-state index in [2.05, 4.69) is 9.88 Å². The average Bonchev–Trinajstić information content (AvgIpc) is 2.82. The number of nitrogens with two attached hydrogens (primary N) is 1. The van der Waals surface area contributed by atoms with Crippen LogP contribution >= 0.6 is 0 Å². The molecule has 0 spiro atoms. The Morgan fingerprint density at radius 2 is 2.23 bits per heavy atom. The third-order valence-corrected chi connectivity index (χ3v) is 2.96. The summed E-state index contributed by atoms with van der Waals surface area (Å²) in [6.45, 7) is 2.91. The molecule has 1 aromatic heterocycles. The normalized spacial score (nSPS) is 9.91. The van der Waals surface area contributed by atoms with Gasteiger partial charge in [-0.2, -0.15) is 0 Å². The molecular weight excluding hydrogens is 304 g/mol. The summed E-state index contributed by atoms with van der Waals surface area (Å²) in [4.78, 5) is 11.2. The minimum absolute atomic E-state index is 0. The Morgan fingerprint density at radius 3 is 2.86 bits per heavy atom. The summed E-state index contributed by atoms with van der Waals surface area (Å²) in [7, 11) is 1.99. The van der Waals surface area contributed by atoms with Crippen LogP contribution < -0.4 is 32.8 Å². The van der Waals surface area contributed by atoms with E-state index in [-0.39, 0.29) is 18.3 Å². The number of carbonyl (C=O) groups excluding carboxylic acids is 1. The second-order valence-corrected chi connectivity index (χ2v) is 4.96. The van der Waals surface area contributed by atoms with Crippen LogP contribution in [0.25, 0.3) is 0 Å². The maximum absolute atomic E-state index is 11.2. The summed E-state index contributed by atoms with van der Waals surface area (Å²) in [5.41, 5.74) is 6.92. The number of imidazole rings is 1. The van der Waals surface area contributed by atoms with Crippen LogP contribution in [0.3, 0.4) is 0 Å². The standard InChI is InChI=1S/C15H20N4O2.ClH/c1-12(20)17-14-10-13(16)4-5-15(14)21-9-3-6-19-8-7-18(2)11-19;/h4-5,7-8,10-11H,3,6,9,16H2,1-2H3;1H. The van der Waals surface area contributed by atoms with Gasteiger partial charge in [-0.25, -0.2) is 9.13 Å². The first kappa shape index (κ1) is 17.8. The molecule has 0 aliphatic carbocycles. The van der Waals surface area contributed by atoms with Crippen LogP contribution in [-0.4, -0.2) is 17.1 Å². The lowest BCUT2D eigenvalue weighted by atomic mass is 10.2. The zero-order valence-electron chi connectivity index (χ0n) is 12.8. The number of anilines is 2. The van der Waals surface area contributed by atoms with E-state index in [1.165, 1.54) is 6.92 Å². The molecule has 120 valence electrons. The van der Waals surface area contributed by atoms with Crippen molar-refractivity contribution in [3.63, 3.8) is 0 Å². The molecule has 6 nitrogen and oxygen atoms in total. The van der Waals surface area contributed by atoms with Gasteiger partial charge in [-0.3, -0.25) is 4.79 Å². The minimum Gasteiger partial charge on any atom is -1.00 e. The number of hydrogen-bond donors (Lipinski definition) is 2. The molecule has 0 aliphatic rings. The molecule has 3 N–H and O–H groups in total. The zero-order chi connectivity index (χ0) is 15.2. The molecule has 0 atom stereocenters. The van der Waals surface area contributed by atoms with Crippen LogP contribution in [0, 0.1) is 0 Å². The monoisotopic (exact) mass is 324 g/mol. The first-order valence-corrected chi connectivity index (χ1v) is 6.85. The van der Waals surface area contributed by atoms with Crippen LogP contribution in [0.4, 0.5) is 11.4 Å². The highest BCUT2D eigenvalue weighted by molar-refractivity contribution is 5.91. The lowest BCUT2D eigenvalue weighted by Crippen LogP contribution is -3.00. The molecule has 0 fully saturated rings. The molecule has 0 radical (unpaired) electrons. The molecular formula is C15H21ClN4O2. The van der Waals surface area contributed by atoms with Crippen molar-refractivity contribution in [3.8, 4) is 5.75 Å². The maximum atomic E-state index is 11.2. The first-order chi connectivity index (χ1) is 10.0. The second-order valence-electron chi connectivity index (χ2n) is 4.96. The summed E-state index contributed by atoms with van der Waals surface area (Å²) in [5, 5.41) is 2.72. The Hall–Kier alpha value is -2.21. The fraction of sp³-hybridized carbons (Fsp3) is 0.333. The van der Waals surface area contributed by atoms with Gasteiger partial charge in [-0.1, -0.05) is 0 Å². The Kier molecular flexibility index (Phi) is 6.72. The summed E-state index contributed by atoms with van der Waals surface area (Å²) < 4.78 is 9.83. The summed E-state index contributed by atoms with van der Waals surface area (Å²) in [5.74, 6) is 0.489. The predicted octanol–water partition coefficient (Wildman–Crippen LogP) is -1.67. The molecule has 7 heteroatoms. The largest absolute Gasteiger partial charge is 1.00 e. The van der Waals surface area contributed by atoms with E-state index in [1.54, 1.807) is 18.2 Å². The van der Waals surface area contributed by atoms with Gasteiger partial charge >= 0.3 is 0 Å². The number of halogens is 1. The maximum Gasteiger partial charge on any atom is 0.243 e. The molecule has 0 aliphatic heterocycles. The second kappa shape index (κ2) is 8.29. The van der Waals surface area contributed by atoms with E-state index in [0.29, 0.717) is 23.7 Å². The molecule has 0 saturated heterocycles. The van der Waals surface area contributed by atoms with Crippen molar-refractivity contribution in [3.05, 3.63) is 36.9 Å². The van der Waals surface area contributed by atoms with Gasteiger partial charge in [0.2, 0.25) is 12.2 Å². The van der Waals surface area contributed by atoms with Crippen molar-refractivity contribution < 1.29 is 26.5 Å². The van der Waals surface area contributed by atoms with E-state index >= 15 is 0 Å². The van der Waals surface area contributed by atoms with E-state index in [9.17, 15) is 4.79 Å². The summed E-state index contributed by atoms with van der Waals surface area (Å²) >= 11 is 0. The van der Waals surface area contributed by atoms with Crippen molar-refractivity contribution >= 4 is 17.3 Å². The van der Waals surface area contributed by atoms with Gasteiger partial charge in [-0.15, -0.1) is 0 Å². The van der Waals surface area contributed by atoms with Gasteiger partial charge in [0.1, 0.15) is 18.1 Å². The van der Waals surface area contributed by atoms with Crippen LogP contribution in [0.2, 0.25) is 0 Å². The fourth-order valence-corrected chi connectivity index (χ4v) is 2.02. The number of carbonyl (C=O) groups is 1. The number of nitrogens with one attached hydrogen (secondary N) is 1. The van der Waals surface area contributed by atoms with Gasteiger partial charge in [0, 0.05) is 19.0 Å². The van der Waals surface area contributed by atoms with Crippen molar-refractivity contribution in [1.82, 2.24) is 4.57 Å². The highest BCUT2D eigenvalue weighted by atomic mass is 35.5. The molecule has 0 saturated carbocycles. The third-order valence-electron chi connectivity index (χ3n) is 2.96. The Bertz CT molecular complexity index is 628. The average molecular weight is 325 g/mol. The lowest BCUT2D eigenvalue weighted by molar-refractivity contribution is -0.671. The first-order valence-electron chi connectivity index (χ1n) is 6.85. The number of hydrogen-bond acceptors (Lipinski definition) is 3. The van der Waals surface area contributed by atoms with Gasteiger partial charge in [0.15, 0.2) is 0 Å². The van der Waals surface area contributed by atoms with Crippen LogP contribution in [0.5, 0.6) is 5.75 Å². The lowest BCUT2D eigenvalue weighted by Gasteiger charge is -2.12. The quantitative estimate of drug-likeness (QED) is 0.379. The van der Waals surface area contributed by atoms with E-state index in [1.807, 2.05) is 30.3 Å². The van der Waals surface area contributed by atoms with Gasteiger partial charge in [0.05, 0.1) is 25.9 Å². The highest BCUT2D eigenvalue weighted by Crippen LogP contribution is 2.27. The van der Waals surface area contributed by atoms with Gasteiger partial charge < -0.3 is 28.2 Å². The topological polar surface area (TPSA) is 73.2 Å². The SMILES string of the molecule is CC(=O)Nc1cc(N)ccc1OCCCn1cc[n+](C)c1.[Cl-]. The Labute approximate surface area is 136 Å². The molecule has 1 heterocycles. The molecule has 0 bridgehead atoms. The van der Waals surface area contributed by atoms with Crippen LogP contribution in [0.1, 0.15) is 13.3 Å². The number of benzene rings is 1. The molecule has 0 unspecified atom stereocenters. The minimum atomic E-state index is -0.148. The summed E-state index contributed by atoms with van der Waals surface area (Å²) in [6.07, 6.45) is 6.91. The molecule has 1 aromatic carbocycles. The van der Waals surface area contributed by atoms with Crippen molar-refractivity contribution in [2.45, 2.75) is 19.9 Å². The highest BCUT2D eigenvalue weighted by Gasteiger charge is 2.06. The number of nitrogens with zero attached hydrogens (tertiary/aromatic N) is 2. The van der Waals surface area contributed by atoms with Gasteiger partial charge in [-0.05, 0) is 18.2 Å². The van der Waals surface area contributed by atoms with Crippen molar-refractivity contribution in [2.75, 3.05) is 17.7 Å². The number of nitrogen functional groups attached to an aromatic ring is 1. The molecule has 2 rings (SSSR count). The summed E-state index contributed by atoms with van der Waals surface area (Å²) in [6, 6.07) is 5.23. The molecule has 2 aromatic rings. The molecule has 1 amide bonds.